The first-order valence-corrected chi connectivity index (χ1v) is 7.55. The summed E-state index contributed by atoms with van der Waals surface area (Å²) < 4.78 is 47.1. The molecule has 0 saturated carbocycles. The van der Waals surface area contributed by atoms with Crippen LogP contribution >= 0.6 is 0 Å². The molecule has 2 heterocycles. The SMILES string of the molecule is Cc1cnc(OCc2cn(-c3ccc(F)c(C(C)(F)F)c3)nn2)nc1N. The van der Waals surface area contributed by atoms with Crippen molar-refractivity contribution in [2.45, 2.75) is 26.4 Å². The summed E-state index contributed by atoms with van der Waals surface area (Å²) in [5, 5.41) is 7.72. The van der Waals surface area contributed by atoms with Crippen molar-refractivity contribution in [2.24, 2.45) is 0 Å². The van der Waals surface area contributed by atoms with Gasteiger partial charge in [-0.3, -0.25) is 0 Å². The standard InChI is InChI=1S/C16H15F3N6O/c1-9-6-21-15(22-14(9)20)26-8-10-7-25(24-23-10)11-3-4-13(17)12(5-11)16(2,18)19/h3-7H,8H2,1-2H3,(H2,20,21,22). The Morgan fingerprint density at radius 3 is 2.77 bits per heavy atom. The van der Waals surface area contributed by atoms with Gasteiger partial charge in [-0.2, -0.15) is 4.98 Å². The van der Waals surface area contributed by atoms with E-state index in [4.69, 9.17) is 10.5 Å². The van der Waals surface area contributed by atoms with Crippen LogP contribution in [0, 0.1) is 12.7 Å². The summed E-state index contributed by atoms with van der Waals surface area (Å²) in [6, 6.07) is 3.40. The number of aromatic nitrogens is 5. The minimum absolute atomic E-state index is 0.000486. The van der Waals surface area contributed by atoms with Crippen molar-refractivity contribution in [3.05, 3.63) is 53.2 Å². The molecule has 0 fully saturated rings. The van der Waals surface area contributed by atoms with Crippen molar-refractivity contribution >= 4 is 5.82 Å². The number of nitrogens with two attached hydrogens (primary N) is 1. The van der Waals surface area contributed by atoms with Gasteiger partial charge < -0.3 is 10.5 Å². The summed E-state index contributed by atoms with van der Waals surface area (Å²) in [7, 11) is 0. The number of alkyl halides is 2. The molecular formula is C16H15F3N6O. The van der Waals surface area contributed by atoms with E-state index in [0.717, 1.165) is 17.7 Å². The number of nitrogen functional groups attached to an aromatic ring is 1. The molecule has 2 N–H and O–H groups in total. The molecule has 0 bridgehead atoms. The molecule has 0 atom stereocenters. The summed E-state index contributed by atoms with van der Waals surface area (Å²) in [5.74, 6) is -3.99. The van der Waals surface area contributed by atoms with Gasteiger partial charge in [-0.05, 0) is 25.1 Å². The van der Waals surface area contributed by atoms with E-state index in [1.54, 1.807) is 6.92 Å². The Labute approximate surface area is 146 Å². The van der Waals surface area contributed by atoms with Crippen LogP contribution in [0.1, 0.15) is 23.7 Å². The first-order chi connectivity index (χ1) is 12.2. The number of benzene rings is 1. The fourth-order valence-electron chi connectivity index (χ4n) is 2.13. The van der Waals surface area contributed by atoms with Crippen LogP contribution in [-0.4, -0.2) is 25.0 Å². The zero-order valence-corrected chi connectivity index (χ0v) is 13.9. The van der Waals surface area contributed by atoms with Gasteiger partial charge in [-0.1, -0.05) is 5.21 Å². The van der Waals surface area contributed by atoms with Crippen molar-refractivity contribution in [3.63, 3.8) is 0 Å². The third-order valence-electron chi connectivity index (χ3n) is 3.57. The van der Waals surface area contributed by atoms with Crippen LogP contribution in [0.15, 0.2) is 30.6 Å². The van der Waals surface area contributed by atoms with Gasteiger partial charge in [0.25, 0.3) is 5.92 Å². The van der Waals surface area contributed by atoms with Gasteiger partial charge in [-0.15, -0.1) is 5.10 Å². The highest BCUT2D eigenvalue weighted by Gasteiger charge is 2.28. The third kappa shape index (κ3) is 3.73. The molecule has 3 aromatic rings. The highest BCUT2D eigenvalue weighted by molar-refractivity contribution is 5.38. The molecule has 2 aromatic heterocycles. The summed E-state index contributed by atoms with van der Waals surface area (Å²) in [4.78, 5) is 7.94. The number of halogens is 3. The van der Waals surface area contributed by atoms with Gasteiger partial charge in [0.2, 0.25) is 0 Å². The van der Waals surface area contributed by atoms with E-state index in [1.807, 2.05) is 0 Å². The summed E-state index contributed by atoms with van der Waals surface area (Å²) in [6.45, 7) is 2.39. The van der Waals surface area contributed by atoms with Gasteiger partial charge in [-0.25, -0.2) is 22.8 Å². The van der Waals surface area contributed by atoms with Crippen LogP contribution in [0.2, 0.25) is 0 Å². The average molecular weight is 364 g/mol. The van der Waals surface area contributed by atoms with Crippen molar-refractivity contribution in [3.8, 4) is 11.7 Å². The Bertz CT molecular complexity index is 938. The van der Waals surface area contributed by atoms with Crippen molar-refractivity contribution < 1.29 is 17.9 Å². The lowest BCUT2D eigenvalue weighted by molar-refractivity contribution is 0.0137. The van der Waals surface area contributed by atoms with Crippen LogP contribution in [0.3, 0.4) is 0 Å². The number of nitrogens with zero attached hydrogens (tertiary/aromatic N) is 5. The van der Waals surface area contributed by atoms with E-state index >= 15 is 0 Å². The largest absolute Gasteiger partial charge is 0.457 e. The molecule has 26 heavy (non-hydrogen) atoms. The van der Waals surface area contributed by atoms with Crippen LogP contribution in [0.25, 0.3) is 5.69 Å². The van der Waals surface area contributed by atoms with E-state index in [9.17, 15) is 13.2 Å². The molecule has 0 unspecified atom stereocenters. The monoisotopic (exact) mass is 364 g/mol. The Morgan fingerprint density at radius 1 is 1.31 bits per heavy atom. The Hall–Kier alpha value is -3.17. The molecule has 0 saturated heterocycles. The van der Waals surface area contributed by atoms with Gasteiger partial charge in [0, 0.05) is 18.7 Å². The Balaban J connectivity index is 1.76. The fourth-order valence-corrected chi connectivity index (χ4v) is 2.13. The molecule has 136 valence electrons. The van der Waals surface area contributed by atoms with Crippen molar-refractivity contribution in [1.29, 1.82) is 0 Å². The predicted molar refractivity (Wildman–Crippen MR) is 86.4 cm³/mol. The molecule has 3 rings (SSSR count). The summed E-state index contributed by atoms with van der Waals surface area (Å²) in [6.07, 6.45) is 3.00. The van der Waals surface area contributed by atoms with E-state index < -0.39 is 17.3 Å². The molecule has 0 spiro atoms. The minimum Gasteiger partial charge on any atom is -0.457 e. The van der Waals surface area contributed by atoms with Crippen LogP contribution in [0.4, 0.5) is 19.0 Å². The zero-order chi connectivity index (χ0) is 18.9. The first kappa shape index (κ1) is 17.6. The second-order valence-corrected chi connectivity index (χ2v) is 5.72. The second-order valence-electron chi connectivity index (χ2n) is 5.72. The number of hydrogen-bond donors (Lipinski definition) is 1. The first-order valence-electron chi connectivity index (χ1n) is 7.55. The Kier molecular flexibility index (Phi) is 4.49. The highest BCUT2D eigenvalue weighted by Crippen LogP contribution is 2.30. The van der Waals surface area contributed by atoms with E-state index in [2.05, 4.69) is 20.3 Å². The molecule has 7 nitrogen and oxygen atoms in total. The fraction of sp³-hybridized carbons (Fsp3) is 0.250. The van der Waals surface area contributed by atoms with E-state index in [0.29, 0.717) is 18.4 Å². The lowest BCUT2D eigenvalue weighted by Crippen LogP contribution is -2.11. The lowest BCUT2D eigenvalue weighted by atomic mass is 10.1. The molecule has 0 amide bonds. The van der Waals surface area contributed by atoms with Crippen molar-refractivity contribution in [2.75, 3.05) is 5.73 Å². The maximum absolute atomic E-state index is 13.6. The lowest BCUT2D eigenvalue weighted by Gasteiger charge is -2.12. The van der Waals surface area contributed by atoms with E-state index in [1.165, 1.54) is 23.1 Å². The topological polar surface area (TPSA) is 91.7 Å². The van der Waals surface area contributed by atoms with Gasteiger partial charge >= 0.3 is 6.01 Å². The van der Waals surface area contributed by atoms with Crippen LogP contribution in [-0.2, 0) is 12.5 Å². The zero-order valence-electron chi connectivity index (χ0n) is 13.9. The number of hydrogen-bond acceptors (Lipinski definition) is 6. The number of aryl methyl sites for hydroxylation is 1. The van der Waals surface area contributed by atoms with Crippen molar-refractivity contribution in [1.82, 2.24) is 25.0 Å². The molecule has 1 aromatic carbocycles. The normalized spacial score (nSPS) is 11.6. The second kappa shape index (κ2) is 6.62. The van der Waals surface area contributed by atoms with E-state index in [-0.39, 0.29) is 18.3 Å². The molecule has 0 aliphatic carbocycles. The molecule has 0 aliphatic rings. The number of rotatable bonds is 5. The number of ether oxygens (including phenoxy) is 1. The van der Waals surface area contributed by atoms with Gasteiger partial charge in [0.1, 0.15) is 23.9 Å². The smallest absolute Gasteiger partial charge is 0.318 e. The quantitative estimate of drug-likeness (QED) is 0.748. The minimum atomic E-state index is -3.31. The molecule has 0 radical (unpaired) electrons. The number of anilines is 1. The predicted octanol–water partition coefficient (Wildman–Crippen LogP) is 2.78. The maximum Gasteiger partial charge on any atom is 0.318 e. The van der Waals surface area contributed by atoms with Gasteiger partial charge in [0.15, 0.2) is 0 Å². The third-order valence-corrected chi connectivity index (χ3v) is 3.57. The molecule has 10 heteroatoms. The highest BCUT2D eigenvalue weighted by atomic mass is 19.3. The molecule has 0 aliphatic heterocycles. The average Bonchev–Trinajstić information content (AvgIpc) is 3.04. The van der Waals surface area contributed by atoms with Crippen LogP contribution < -0.4 is 10.5 Å². The van der Waals surface area contributed by atoms with Crippen LogP contribution in [0.5, 0.6) is 6.01 Å². The summed E-state index contributed by atoms with van der Waals surface area (Å²) in [5.41, 5.74) is 6.34. The maximum atomic E-state index is 13.6. The van der Waals surface area contributed by atoms with Gasteiger partial charge in [0.05, 0.1) is 17.4 Å². The Morgan fingerprint density at radius 2 is 2.08 bits per heavy atom. The summed E-state index contributed by atoms with van der Waals surface area (Å²) >= 11 is 0. The molecular weight excluding hydrogens is 349 g/mol.